The third-order valence-corrected chi connectivity index (χ3v) is 4.70. The zero-order valence-electron chi connectivity index (χ0n) is 13.5. The van der Waals surface area contributed by atoms with Crippen LogP contribution in [0.4, 0.5) is 4.39 Å². The van der Waals surface area contributed by atoms with E-state index in [2.05, 4.69) is 19.0 Å². The van der Waals surface area contributed by atoms with Crippen LogP contribution in [0.15, 0.2) is 24.4 Å². The number of alkyl halides is 1. The molecule has 0 saturated carbocycles. The van der Waals surface area contributed by atoms with E-state index in [0.29, 0.717) is 38.2 Å². The second kappa shape index (κ2) is 7.31. The lowest BCUT2D eigenvalue weighted by atomic mass is 9.93. The molecule has 3 rings (SSSR count). The first-order valence-corrected chi connectivity index (χ1v) is 8.68. The van der Waals surface area contributed by atoms with Gasteiger partial charge in [-0.2, -0.15) is 8.75 Å². The number of aromatic nitrogens is 3. The first-order valence-electron chi connectivity index (χ1n) is 7.95. The molecular weight excluding hydrogens is 329 g/mol. The van der Waals surface area contributed by atoms with E-state index in [1.807, 2.05) is 25.1 Å². The first kappa shape index (κ1) is 16.9. The molecule has 1 saturated heterocycles. The molecule has 0 atom stereocenters. The molecule has 1 fully saturated rings. The molecule has 1 amide bonds. The van der Waals surface area contributed by atoms with Gasteiger partial charge in [0.05, 0.1) is 23.6 Å². The molecule has 0 bridgehead atoms. The molecule has 0 radical (unpaired) electrons. The number of hydrogen-bond donors (Lipinski definition) is 1. The van der Waals surface area contributed by atoms with Gasteiger partial charge in [-0.05, 0) is 19.1 Å². The third kappa shape index (κ3) is 4.12. The zero-order chi connectivity index (χ0) is 17.0. The number of amides is 1. The number of nitrogens with zero attached hydrogens (tertiary/aromatic N) is 4. The van der Waals surface area contributed by atoms with Gasteiger partial charge in [0.15, 0.2) is 5.69 Å². The Morgan fingerprint density at radius 1 is 1.42 bits per heavy atom. The van der Waals surface area contributed by atoms with Gasteiger partial charge in [0.25, 0.3) is 5.91 Å². The van der Waals surface area contributed by atoms with Crippen molar-refractivity contribution in [2.75, 3.05) is 19.6 Å². The van der Waals surface area contributed by atoms with Gasteiger partial charge in [-0.25, -0.2) is 4.39 Å². The van der Waals surface area contributed by atoms with E-state index in [0.717, 1.165) is 23.1 Å². The summed E-state index contributed by atoms with van der Waals surface area (Å²) < 4.78 is 22.7. The lowest BCUT2D eigenvalue weighted by molar-refractivity contribution is 0.0431. The average Bonchev–Trinajstić information content (AvgIpc) is 3.09. The first-order chi connectivity index (χ1) is 11.6. The topological polar surface area (TPSA) is 71.0 Å². The summed E-state index contributed by atoms with van der Waals surface area (Å²) in [4.78, 5) is 18.2. The Hall–Kier alpha value is -1.93. The smallest absolute Gasteiger partial charge is 0.275 e. The molecule has 0 aromatic carbocycles. The van der Waals surface area contributed by atoms with Crippen LogP contribution >= 0.6 is 11.7 Å². The van der Waals surface area contributed by atoms with Crippen molar-refractivity contribution in [1.29, 1.82) is 0 Å². The Kier molecular flexibility index (Phi) is 5.15. The number of carbonyl (C=O) groups excluding carboxylic acids is 1. The monoisotopic (exact) mass is 349 g/mol. The van der Waals surface area contributed by atoms with Crippen LogP contribution in [0.5, 0.6) is 0 Å². The fourth-order valence-corrected chi connectivity index (χ4v) is 3.23. The molecule has 128 valence electrons. The minimum atomic E-state index is -1.29. The Bertz CT molecular complexity index is 686. The minimum absolute atomic E-state index is 0.164. The minimum Gasteiger partial charge on any atom is -0.337 e. The van der Waals surface area contributed by atoms with Crippen LogP contribution in [0, 0.1) is 6.92 Å². The van der Waals surface area contributed by atoms with Gasteiger partial charge in [0.1, 0.15) is 5.67 Å². The van der Waals surface area contributed by atoms with Gasteiger partial charge >= 0.3 is 0 Å². The standard InChI is InChI=1S/C16H20FN5OS/c1-12-3-2-4-13(20-12)9-18-11-16(17)5-7-22(8-6-16)15(23)14-10-19-24-21-14/h2-4,10,18H,5-9,11H2,1H3. The summed E-state index contributed by atoms with van der Waals surface area (Å²) in [5.41, 5.74) is 0.908. The maximum Gasteiger partial charge on any atom is 0.275 e. The van der Waals surface area contributed by atoms with Crippen LogP contribution in [0.2, 0.25) is 0 Å². The number of halogens is 1. The number of likely N-dealkylation sites (tertiary alicyclic amines) is 1. The highest BCUT2D eigenvalue weighted by atomic mass is 32.1. The van der Waals surface area contributed by atoms with Gasteiger partial charge in [-0.15, -0.1) is 0 Å². The number of carbonyl (C=O) groups is 1. The fourth-order valence-electron chi connectivity index (χ4n) is 2.82. The van der Waals surface area contributed by atoms with Gasteiger partial charge in [0.2, 0.25) is 0 Å². The number of piperidine rings is 1. The summed E-state index contributed by atoms with van der Waals surface area (Å²) in [5.74, 6) is -0.164. The largest absolute Gasteiger partial charge is 0.337 e. The molecule has 2 aromatic heterocycles. The molecule has 0 spiro atoms. The quantitative estimate of drug-likeness (QED) is 0.894. The molecule has 1 aliphatic rings. The Morgan fingerprint density at radius 3 is 2.88 bits per heavy atom. The van der Waals surface area contributed by atoms with E-state index in [4.69, 9.17) is 0 Å². The molecule has 8 heteroatoms. The molecule has 0 aliphatic carbocycles. The lowest BCUT2D eigenvalue weighted by Gasteiger charge is -2.36. The number of aryl methyl sites for hydroxylation is 1. The molecule has 24 heavy (non-hydrogen) atoms. The van der Waals surface area contributed by atoms with Crippen LogP contribution in [0.1, 0.15) is 34.7 Å². The normalized spacial score (nSPS) is 17.0. The zero-order valence-corrected chi connectivity index (χ0v) is 14.4. The van der Waals surface area contributed by atoms with Crippen molar-refractivity contribution in [3.63, 3.8) is 0 Å². The number of hydrogen-bond acceptors (Lipinski definition) is 6. The predicted octanol–water partition coefficient (Wildman–Crippen LogP) is 1.98. The summed E-state index contributed by atoms with van der Waals surface area (Å²) in [6.45, 7) is 3.54. The second-order valence-electron chi connectivity index (χ2n) is 6.11. The van der Waals surface area contributed by atoms with Crippen molar-refractivity contribution in [1.82, 2.24) is 23.9 Å². The summed E-state index contributed by atoms with van der Waals surface area (Å²) >= 11 is 1.00. The lowest BCUT2D eigenvalue weighted by Crippen LogP contribution is -2.48. The van der Waals surface area contributed by atoms with Gasteiger partial charge in [-0.3, -0.25) is 9.78 Å². The van der Waals surface area contributed by atoms with Gasteiger partial charge < -0.3 is 10.2 Å². The van der Waals surface area contributed by atoms with Crippen molar-refractivity contribution in [3.05, 3.63) is 41.5 Å². The molecule has 1 aliphatic heterocycles. The highest BCUT2D eigenvalue weighted by molar-refractivity contribution is 6.99. The number of pyridine rings is 1. The van der Waals surface area contributed by atoms with Crippen LogP contribution < -0.4 is 5.32 Å². The average molecular weight is 349 g/mol. The van der Waals surface area contributed by atoms with Gasteiger partial charge in [-0.1, -0.05) is 6.07 Å². The van der Waals surface area contributed by atoms with Gasteiger partial charge in [0, 0.05) is 44.7 Å². The molecule has 6 nitrogen and oxygen atoms in total. The highest BCUT2D eigenvalue weighted by Crippen LogP contribution is 2.26. The maximum atomic E-state index is 14.9. The summed E-state index contributed by atoms with van der Waals surface area (Å²) in [6, 6.07) is 5.81. The Labute approximate surface area is 144 Å². The summed E-state index contributed by atoms with van der Waals surface area (Å²) in [5, 5.41) is 3.15. The van der Waals surface area contributed by atoms with Crippen molar-refractivity contribution in [2.45, 2.75) is 32.0 Å². The fraction of sp³-hybridized carbons (Fsp3) is 0.500. The second-order valence-corrected chi connectivity index (χ2v) is 6.67. The van der Waals surface area contributed by atoms with E-state index < -0.39 is 5.67 Å². The molecule has 3 heterocycles. The number of nitrogens with one attached hydrogen (secondary N) is 1. The van der Waals surface area contributed by atoms with E-state index in [1.165, 1.54) is 6.20 Å². The van der Waals surface area contributed by atoms with E-state index in [1.54, 1.807) is 4.90 Å². The Morgan fingerprint density at radius 2 is 2.21 bits per heavy atom. The maximum absolute atomic E-state index is 14.9. The van der Waals surface area contributed by atoms with Crippen molar-refractivity contribution in [2.24, 2.45) is 0 Å². The third-order valence-electron chi connectivity index (χ3n) is 4.22. The van der Waals surface area contributed by atoms with E-state index >= 15 is 0 Å². The van der Waals surface area contributed by atoms with Crippen molar-refractivity contribution >= 4 is 17.6 Å². The molecule has 0 unspecified atom stereocenters. The summed E-state index contributed by atoms with van der Waals surface area (Å²) in [7, 11) is 0. The molecule has 1 N–H and O–H groups in total. The Balaban J connectivity index is 1.47. The molecule has 2 aromatic rings. The highest BCUT2D eigenvalue weighted by Gasteiger charge is 2.36. The van der Waals surface area contributed by atoms with Crippen LogP contribution in [-0.4, -0.2) is 49.8 Å². The summed E-state index contributed by atoms with van der Waals surface area (Å²) in [6.07, 6.45) is 2.11. The number of rotatable bonds is 5. The van der Waals surface area contributed by atoms with Crippen molar-refractivity contribution < 1.29 is 9.18 Å². The molecular formula is C16H20FN5OS. The van der Waals surface area contributed by atoms with Crippen LogP contribution in [0.25, 0.3) is 0 Å². The SMILES string of the molecule is Cc1cccc(CNCC2(F)CCN(C(=O)c3cnsn3)CC2)n1. The van der Waals surface area contributed by atoms with E-state index in [-0.39, 0.29) is 12.5 Å². The predicted molar refractivity (Wildman–Crippen MR) is 89.6 cm³/mol. The van der Waals surface area contributed by atoms with Crippen LogP contribution in [-0.2, 0) is 6.54 Å². The van der Waals surface area contributed by atoms with Crippen LogP contribution in [0.3, 0.4) is 0 Å². The van der Waals surface area contributed by atoms with E-state index in [9.17, 15) is 9.18 Å². The van der Waals surface area contributed by atoms with Crippen molar-refractivity contribution in [3.8, 4) is 0 Å².